The lowest BCUT2D eigenvalue weighted by molar-refractivity contribution is -0.128. The molecule has 1 amide bonds. The van der Waals surface area contributed by atoms with Crippen molar-refractivity contribution in [2.75, 3.05) is 46.2 Å². The highest BCUT2D eigenvalue weighted by molar-refractivity contribution is 5.94. The molecule has 0 aromatic heterocycles. The van der Waals surface area contributed by atoms with E-state index in [0.717, 1.165) is 48.0 Å². The molecule has 8 heteroatoms. The lowest BCUT2D eigenvalue weighted by atomic mass is 9.72. The molecule has 0 fully saturated rings. The van der Waals surface area contributed by atoms with E-state index in [-0.39, 0.29) is 40.5 Å². The van der Waals surface area contributed by atoms with Gasteiger partial charge in [-0.3, -0.25) is 19.2 Å². The normalized spacial score (nSPS) is 17.8. The molecule has 0 saturated heterocycles. The second-order valence-corrected chi connectivity index (χ2v) is 20.8. The van der Waals surface area contributed by atoms with Crippen molar-refractivity contribution in [2.45, 2.75) is 179 Å². The monoisotopic (exact) mass is 952 g/mol. The van der Waals surface area contributed by atoms with Crippen molar-refractivity contribution < 1.29 is 33.4 Å². The number of Topliss-reactive ketones (excluding diaryl/α,β-unsaturated/α-hetero) is 1. The van der Waals surface area contributed by atoms with Crippen LogP contribution in [-0.4, -0.2) is 69.4 Å². The number of hydrogen-bond acceptors (Lipinski definition) is 7. The van der Waals surface area contributed by atoms with Gasteiger partial charge in [0, 0.05) is 51.4 Å². The largest absolute Gasteiger partial charge is 0.381 e. The van der Waals surface area contributed by atoms with Crippen LogP contribution in [0.5, 0.6) is 0 Å². The van der Waals surface area contributed by atoms with Gasteiger partial charge in [-0.05, 0) is 151 Å². The number of carbonyl (C=O) groups is 4. The molecule has 0 unspecified atom stereocenters. The summed E-state index contributed by atoms with van der Waals surface area (Å²) in [4.78, 5) is 51.6. The first kappa shape index (κ1) is 60.9. The summed E-state index contributed by atoms with van der Waals surface area (Å²) >= 11 is 0. The quantitative estimate of drug-likeness (QED) is 0.0389. The topological polar surface area (TPSA) is 108 Å². The van der Waals surface area contributed by atoms with Crippen LogP contribution in [-0.2, 0) is 33.4 Å². The van der Waals surface area contributed by atoms with E-state index in [1.54, 1.807) is 12.2 Å². The SMILES string of the molecule is CCCOCCC(=O)CCCOCCOCCNC(=O)[C@@H](CCCCCC(=O)/C=C(C)/C=C/C=C(C)/C=C/C1=C(C)CCCC1(C)C)CC(=O)/C=C(C)/C=C/C=C(C)/C=C/C1=C(C)CCCC1(C)C. The average molecular weight is 952 g/mol. The molecule has 0 aromatic carbocycles. The van der Waals surface area contributed by atoms with E-state index in [0.29, 0.717) is 84.7 Å². The van der Waals surface area contributed by atoms with Crippen molar-refractivity contribution in [1.82, 2.24) is 5.32 Å². The Kier molecular flexibility index (Phi) is 30.1. The van der Waals surface area contributed by atoms with Gasteiger partial charge in [0.05, 0.1) is 26.4 Å². The van der Waals surface area contributed by atoms with Crippen LogP contribution in [0.4, 0.5) is 0 Å². The number of unbranched alkanes of at least 4 members (excludes halogenated alkanes) is 2. The highest BCUT2D eigenvalue weighted by Crippen LogP contribution is 2.42. The maximum atomic E-state index is 13.5. The number of ether oxygens (including phenoxy) is 3. The summed E-state index contributed by atoms with van der Waals surface area (Å²) in [6.07, 6.45) is 37.3. The molecular weight excluding hydrogens is 859 g/mol. The predicted octanol–water partition coefficient (Wildman–Crippen LogP) is 14.5. The molecule has 0 radical (unpaired) electrons. The zero-order valence-corrected chi connectivity index (χ0v) is 45.1. The standard InChI is InChI=1S/C61H93NO7/c1-12-38-67-40-34-54(63)29-20-39-68-42-43-69-41-37-62-59(66)53(46-56(65)45-50(5)24-17-22-48(3)31-33-58-52(7)26-19-36-61(58,10)11)27-14-13-15-28-55(64)44-49(4)23-16-21-47(2)30-32-57-51(6)25-18-35-60(57,8)9/h16-17,21-24,30-33,44-45,53H,12-15,18-20,25-29,34-43,46H2,1-11H3,(H,62,66)/b23-16+,24-17+,32-30+,33-31+,47-21+,48-22+,49-44+,50-45+/t53-/m0/s1. The van der Waals surface area contributed by atoms with Crippen LogP contribution in [0.3, 0.4) is 0 Å². The summed E-state index contributed by atoms with van der Waals surface area (Å²) in [6, 6.07) is 0. The van der Waals surface area contributed by atoms with E-state index < -0.39 is 5.92 Å². The van der Waals surface area contributed by atoms with Crippen LogP contribution in [0.15, 0.2) is 117 Å². The molecule has 0 aliphatic heterocycles. The predicted molar refractivity (Wildman–Crippen MR) is 288 cm³/mol. The molecule has 2 aliphatic carbocycles. The summed E-state index contributed by atoms with van der Waals surface area (Å²) in [5.41, 5.74) is 10.3. The molecule has 1 atom stereocenters. The second kappa shape index (κ2) is 34.1. The molecule has 69 heavy (non-hydrogen) atoms. The highest BCUT2D eigenvalue weighted by Gasteiger charge is 2.27. The third-order valence-corrected chi connectivity index (χ3v) is 13.2. The van der Waals surface area contributed by atoms with Crippen LogP contribution in [0.1, 0.15) is 179 Å². The lowest BCUT2D eigenvalue weighted by Crippen LogP contribution is -2.34. The summed E-state index contributed by atoms with van der Waals surface area (Å²) < 4.78 is 16.7. The fourth-order valence-corrected chi connectivity index (χ4v) is 9.08. The molecule has 0 spiro atoms. The maximum absolute atomic E-state index is 13.5. The number of amides is 1. The van der Waals surface area contributed by atoms with Crippen LogP contribution >= 0.6 is 0 Å². The molecule has 0 saturated carbocycles. The van der Waals surface area contributed by atoms with Gasteiger partial charge in [-0.15, -0.1) is 0 Å². The summed E-state index contributed by atoms with van der Waals surface area (Å²) in [5.74, 6) is -0.482. The Balaban J connectivity index is 1.91. The number of carbonyl (C=O) groups excluding carboxylic acids is 4. The van der Waals surface area contributed by atoms with Gasteiger partial charge in [0.1, 0.15) is 5.78 Å². The van der Waals surface area contributed by atoms with E-state index in [1.807, 2.05) is 45.1 Å². The number of allylic oxidation sites excluding steroid dienone is 20. The Morgan fingerprint density at radius 2 is 1.13 bits per heavy atom. The minimum atomic E-state index is -0.493. The average Bonchev–Trinajstić information content (AvgIpc) is 3.27. The van der Waals surface area contributed by atoms with Gasteiger partial charge < -0.3 is 19.5 Å². The summed E-state index contributed by atoms with van der Waals surface area (Å²) in [5, 5.41) is 2.98. The first-order valence-corrected chi connectivity index (χ1v) is 26.3. The maximum Gasteiger partial charge on any atom is 0.223 e. The zero-order chi connectivity index (χ0) is 51.1. The van der Waals surface area contributed by atoms with Gasteiger partial charge in [-0.25, -0.2) is 0 Å². The third kappa shape index (κ3) is 27.1. The number of rotatable bonds is 34. The molecule has 0 aromatic rings. The highest BCUT2D eigenvalue weighted by atomic mass is 16.5. The second-order valence-electron chi connectivity index (χ2n) is 20.8. The lowest BCUT2D eigenvalue weighted by Gasteiger charge is -2.33. The van der Waals surface area contributed by atoms with E-state index in [2.05, 4.69) is 97.2 Å². The van der Waals surface area contributed by atoms with Crippen LogP contribution in [0, 0.1) is 16.7 Å². The van der Waals surface area contributed by atoms with Gasteiger partial charge in [-0.2, -0.15) is 0 Å². The van der Waals surface area contributed by atoms with Gasteiger partial charge in [-0.1, -0.05) is 131 Å². The van der Waals surface area contributed by atoms with Crippen molar-refractivity contribution in [3.8, 4) is 0 Å². The number of ketones is 3. The van der Waals surface area contributed by atoms with Crippen LogP contribution in [0.25, 0.3) is 0 Å². The molecule has 0 bridgehead atoms. The van der Waals surface area contributed by atoms with Gasteiger partial charge in [0.25, 0.3) is 0 Å². The zero-order valence-electron chi connectivity index (χ0n) is 45.1. The van der Waals surface area contributed by atoms with Crippen molar-refractivity contribution in [2.24, 2.45) is 16.7 Å². The summed E-state index contributed by atoms with van der Waals surface area (Å²) in [7, 11) is 0. The van der Waals surface area contributed by atoms with E-state index in [1.165, 1.54) is 54.4 Å². The van der Waals surface area contributed by atoms with E-state index in [9.17, 15) is 19.2 Å². The number of hydrogen-bond donors (Lipinski definition) is 1. The smallest absolute Gasteiger partial charge is 0.223 e. The Labute approximate surface area is 419 Å². The van der Waals surface area contributed by atoms with E-state index >= 15 is 0 Å². The fraction of sp³-hybridized carbons (Fsp3) is 0.607. The Morgan fingerprint density at radius 1 is 0.594 bits per heavy atom. The van der Waals surface area contributed by atoms with E-state index in [4.69, 9.17) is 14.2 Å². The number of nitrogens with one attached hydrogen (secondary N) is 1. The van der Waals surface area contributed by atoms with Crippen molar-refractivity contribution in [1.29, 1.82) is 0 Å². The van der Waals surface area contributed by atoms with Crippen molar-refractivity contribution in [3.63, 3.8) is 0 Å². The third-order valence-electron chi connectivity index (χ3n) is 13.2. The fourth-order valence-electron chi connectivity index (χ4n) is 9.08. The molecule has 8 nitrogen and oxygen atoms in total. The first-order chi connectivity index (χ1) is 32.8. The molecule has 1 N–H and O–H groups in total. The van der Waals surface area contributed by atoms with Gasteiger partial charge in [0.2, 0.25) is 5.91 Å². The molecule has 0 heterocycles. The molecule has 384 valence electrons. The Bertz CT molecular complexity index is 1960. The van der Waals surface area contributed by atoms with Gasteiger partial charge >= 0.3 is 0 Å². The van der Waals surface area contributed by atoms with Gasteiger partial charge in [0.15, 0.2) is 11.6 Å². The summed E-state index contributed by atoms with van der Waals surface area (Å²) in [6.45, 7) is 27.0. The molecule has 2 aliphatic rings. The Morgan fingerprint density at radius 3 is 1.68 bits per heavy atom. The van der Waals surface area contributed by atoms with Crippen molar-refractivity contribution in [3.05, 3.63) is 117 Å². The minimum Gasteiger partial charge on any atom is -0.381 e. The molecular formula is C61H93NO7. The first-order valence-electron chi connectivity index (χ1n) is 26.3. The van der Waals surface area contributed by atoms with Crippen LogP contribution in [0.2, 0.25) is 0 Å². The van der Waals surface area contributed by atoms with Crippen molar-refractivity contribution >= 4 is 23.3 Å². The van der Waals surface area contributed by atoms with Crippen LogP contribution < -0.4 is 5.32 Å². The molecule has 2 rings (SSSR count). The minimum absolute atomic E-state index is 0.0868. The Hall–Kier alpha value is -4.24.